The minimum Gasteiger partial charge on any atom is -0.388 e. The maximum absolute atomic E-state index is 13.1. The van der Waals surface area contributed by atoms with Gasteiger partial charge in [-0.15, -0.1) is 0 Å². The minimum atomic E-state index is -0.729. The van der Waals surface area contributed by atoms with E-state index in [1.54, 1.807) is 17.7 Å². The molecule has 0 spiro atoms. The molecule has 5 heteroatoms. The van der Waals surface area contributed by atoms with Gasteiger partial charge in [-0.25, -0.2) is 4.39 Å². The lowest BCUT2D eigenvalue weighted by Gasteiger charge is -2.14. The number of aryl methyl sites for hydroxylation is 3. The van der Waals surface area contributed by atoms with Crippen LogP contribution in [0.4, 0.5) is 4.39 Å². The summed E-state index contributed by atoms with van der Waals surface area (Å²) in [6, 6.07) is 4.38. The molecule has 1 atom stereocenters. The average molecular weight is 297 g/mol. The number of aromatic nitrogens is 2. The molecule has 108 valence electrons. The Hall–Kier alpha value is -1.39. The summed E-state index contributed by atoms with van der Waals surface area (Å²) >= 11 is 6.27. The number of benzene rings is 1. The number of aliphatic hydroxyl groups excluding tert-OH is 1. The molecule has 1 N–H and O–H groups in total. The molecule has 0 aliphatic rings. The summed E-state index contributed by atoms with van der Waals surface area (Å²) in [4.78, 5) is 0. The zero-order chi connectivity index (χ0) is 14.9. The molecular weight excluding hydrogens is 279 g/mol. The van der Waals surface area contributed by atoms with Gasteiger partial charge in [0.25, 0.3) is 0 Å². The number of aliphatic hydroxyl groups is 1. The molecule has 1 aromatic carbocycles. The van der Waals surface area contributed by atoms with Gasteiger partial charge < -0.3 is 5.11 Å². The van der Waals surface area contributed by atoms with Crippen LogP contribution in [0.1, 0.15) is 35.5 Å². The highest BCUT2D eigenvalue weighted by atomic mass is 35.5. The van der Waals surface area contributed by atoms with Crippen LogP contribution >= 0.6 is 11.6 Å². The van der Waals surface area contributed by atoms with Crippen LogP contribution in [-0.4, -0.2) is 14.9 Å². The van der Waals surface area contributed by atoms with E-state index in [0.29, 0.717) is 17.0 Å². The SMILES string of the molecule is CCc1nn(C)c(CC(O)c2ccc(F)cc2C)c1Cl. The molecule has 2 aromatic rings. The molecule has 0 saturated heterocycles. The van der Waals surface area contributed by atoms with Crippen molar-refractivity contribution in [1.82, 2.24) is 9.78 Å². The largest absolute Gasteiger partial charge is 0.388 e. The maximum atomic E-state index is 13.1. The van der Waals surface area contributed by atoms with Crippen molar-refractivity contribution in [2.45, 2.75) is 32.8 Å². The standard InChI is InChI=1S/C15H18ClFN2O/c1-4-12-15(16)13(19(3)18-12)8-14(20)11-6-5-10(17)7-9(11)2/h5-7,14,20H,4,8H2,1-3H3. The van der Waals surface area contributed by atoms with Crippen molar-refractivity contribution in [3.8, 4) is 0 Å². The molecule has 0 bridgehead atoms. The zero-order valence-corrected chi connectivity index (χ0v) is 12.6. The van der Waals surface area contributed by atoms with Gasteiger partial charge in [-0.2, -0.15) is 5.10 Å². The Balaban J connectivity index is 2.27. The summed E-state index contributed by atoms with van der Waals surface area (Å²) in [6.07, 6.45) is 0.376. The van der Waals surface area contributed by atoms with Gasteiger partial charge in [-0.05, 0) is 36.6 Å². The Morgan fingerprint density at radius 3 is 2.70 bits per heavy atom. The predicted molar refractivity (Wildman–Crippen MR) is 77.4 cm³/mol. The topological polar surface area (TPSA) is 38.0 Å². The summed E-state index contributed by atoms with van der Waals surface area (Å²) in [5.41, 5.74) is 3.06. The number of halogens is 2. The van der Waals surface area contributed by atoms with Gasteiger partial charge in [0.1, 0.15) is 5.82 Å². The molecule has 0 radical (unpaired) electrons. The fourth-order valence-electron chi connectivity index (χ4n) is 2.35. The van der Waals surface area contributed by atoms with Crippen molar-refractivity contribution in [2.75, 3.05) is 0 Å². The van der Waals surface area contributed by atoms with Gasteiger partial charge in [0.2, 0.25) is 0 Å². The summed E-state index contributed by atoms with van der Waals surface area (Å²) < 4.78 is 14.8. The minimum absolute atomic E-state index is 0.301. The summed E-state index contributed by atoms with van der Waals surface area (Å²) in [6.45, 7) is 3.77. The van der Waals surface area contributed by atoms with E-state index < -0.39 is 6.10 Å². The average Bonchev–Trinajstić information content (AvgIpc) is 2.66. The Morgan fingerprint density at radius 2 is 2.15 bits per heavy atom. The normalized spacial score (nSPS) is 12.7. The van der Waals surface area contributed by atoms with Gasteiger partial charge in [0.15, 0.2) is 0 Å². The first kappa shape index (κ1) is 15.0. The van der Waals surface area contributed by atoms with Gasteiger partial charge in [-0.1, -0.05) is 24.6 Å². The molecular formula is C15H18ClFN2O. The van der Waals surface area contributed by atoms with Crippen LogP contribution in [0.5, 0.6) is 0 Å². The lowest BCUT2D eigenvalue weighted by Crippen LogP contribution is -2.08. The highest BCUT2D eigenvalue weighted by Gasteiger charge is 2.19. The van der Waals surface area contributed by atoms with Gasteiger partial charge in [0, 0.05) is 13.5 Å². The number of hydrogen-bond acceptors (Lipinski definition) is 2. The first-order chi connectivity index (χ1) is 9.43. The smallest absolute Gasteiger partial charge is 0.123 e. The second-order valence-corrected chi connectivity index (χ2v) is 5.28. The predicted octanol–water partition coefficient (Wildman–Crippen LogP) is 3.36. The first-order valence-electron chi connectivity index (χ1n) is 6.58. The molecule has 0 amide bonds. The van der Waals surface area contributed by atoms with Crippen LogP contribution < -0.4 is 0 Å². The van der Waals surface area contributed by atoms with Gasteiger partial charge in [0.05, 0.1) is 22.5 Å². The molecule has 20 heavy (non-hydrogen) atoms. The van der Waals surface area contributed by atoms with Crippen LogP contribution in [-0.2, 0) is 19.9 Å². The van der Waals surface area contributed by atoms with Crippen molar-refractivity contribution >= 4 is 11.6 Å². The van der Waals surface area contributed by atoms with Crippen molar-refractivity contribution < 1.29 is 9.50 Å². The molecule has 0 fully saturated rings. The Morgan fingerprint density at radius 1 is 1.45 bits per heavy atom. The van der Waals surface area contributed by atoms with Crippen LogP contribution in [0.3, 0.4) is 0 Å². The monoisotopic (exact) mass is 296 g/mol. The van der Waals surface area contributed by atoms with Crippen LogP contribution in [0, 0.1) is 12.7 Å². The second-order valence-electron chi connectivity index (χ2n) is 4.91. The van der Waals surface area contributed by atoms with Crippen molar-refractivity contribution in [3.05, 3.63) is 51.6 Å². The molecule has 0 aliphatic heterocycles. The first-order valence-corrected chi connectivity index (χ1v) is 6.96. The summed E-state index contributed by atoms with van der Waals surface area (Å²) in [5.74, 6) is -0.301. The van der Waals surface area contributed by atoms with E-state index in [1.807, 2.05) is 14.0 Å². The zero-order valence-electron chi connectivity index (χ0n) is 11.8. The Kier molecular flexibility index (Phi) is 4.45. The van der Waals surface area contributed by atoms with Crippen LogP contribution in [0.2, 0.25) is 5.02 Å². The van der Waals surface area contributed by atoms with Gasteiger partial charge >= 0.3 is 0 Å². The van der Waals surface area contributed by atoms with Crippen molar-refractivity contribution in [2.24, 2.45) is 7.05 Å². The Bertz CT molecular complexity index is 625. The number of rotatable bonds is 4. The van der Waals surface area contributed by atoms with E-state index in [9.17, 15) is 9.50 Å². The number of hydrogen-bond donors (Lipinski definition) is 1. The number of nitrogens with zero attached hydrogens (tertiary/aromatic N) is 2. The molecule has 3 nitrogen and oxygen atoms in total. The van der Waals surface area contributed by atoms with E-state index >= 15 is 0 Å². The van der Waals surface area contributed by atoms with E-state index in [0.717, 1.165) is 23.4 Å². The molecule has 1 unspecified atom stereocenters. The third kappa shape index (κ3) is 2.86. The third-order valence-electron chi connectivity index (χ3n) is 3.48. The molecule has 0 saturated carbocycles. The maximum Gasteiger partial charge on any atom is 0.123 e. The quantitative estimate of drug-likeness (QED) is 0.939. The van der Waals surface area contributed by atoms with Crippen molar-refractivity contribution in [1.29, 1.82) is 0 Å². The molecule has 0 aliphatic carbocycles. The summed E-state index contributed by atoms with van der Waals surface area (Å²) in [5, 5.41) is 15.3. The fourth-order valence-corrected chi connectivity index (χ4v) is 2.72. The van der Waals surface area contributed by atoms with E-state index in [4.69, 9.17) is 11.6 Å². The molecule has 2 rings (SSSR count). The summed E-state index contributed by atoms with van der Waals surface area (Å²) in [7, 11) is 1.81. The second kappa shape index (κ2) is 5.94. The Labute approximate surface area is 123 Å². The van der Waals surface area contributed by atoms with Gasteiger partial charge in [-0.3, -0.25) is 4.68 Å². The fraction of sp³-hybridized carbons (Fsp3) is 0.400. The third-order valence-corrected chi connectivity index (χ3v) is 3.92. The lowest BCUT2D eigenvalue weighted by atomic mass is 9.99. The lowest BCUT2D eigenvalue weighted by molar-refractivity contribution is 0.175. The van der Waals surface area contributed by atoms with Crippen LogP contribution in [0.25, 0.3) is 0 Å². The van der Waals surface area contributed by atoms with Crippen LogP contribution in [0.15, 0.2) is 18.2 Å². The molecule has 1 heterocycles. The highest BCUT2D eigenvalue weighted by molar-refractivity contribution is 6.31. The van der Waals surface area contributed by atoms with E-state index in [2.05, 4.69) is 5.10 Å². The molecule has 1 aromatic heterocycles. The van der Waals surface area contributed by atoms with E-state index in [1.165, 1.54) is 12.1 Å². The highest BCUT2D eigenvalue weighted by Crippen LogP contribution is 2.27. The van der Waals surface area contributed by atoms with E-state index in [-0.39, 0.29) is 5.82 Å². The van der Waals surface area contributed by atoms with Crippen molar-refractivity contribution in [3.63, 3.8) is 0 Å².